The Bertz CT molecular complexity index is 475. The summed E-state index contributed by atoms with van der Waals surface area (Å²) >= 11 is 0. The molecule has 2 rings (SSSR count). The summed E-state index contributed by atoms with van der Waals surface area (Å²) in [5.74, 6) is -0.448. The lowest BCUT2D eigenvalue weighted by Crippen LogP contribution is -2.44. The molecule has 2 amide bonds. The number of benzene rings is 1. The molecule has 1 fully saturated rings. The smallest absolute Gasteiger partial charge is 0.330 e. The number of amides is 2. The van der Waals surface area contributed by atoms with E-state index in [0.29, 0.717) is 11.5 Å². The Morgan fingerprint density at radius 2 is 1.95 bits per heavy atom. The first kappa shape index (κ1) is 14.4. The van der Waals surface area contributed by atoms with E-state index in [2.05, 4.69) is 17.6 Å². The van der Waals surface area contributed by atoms with Crippen molar-refractivity contribution in [3.8, 4) is 0 Å². The zero-order chi connectivity index (χ0) is 14.5. The summed E-state index contributed by atoms with van der Waals surface area (Å²) < 4.78 is 0. The van der Waals surface area contributed by atoms with Crippen LogP contribution in [0.2, 0.25) is 0 Å². The van der Waals surface area contributed by atoms with E-state index in [1.165, 1.54) is 0 Å². The van der Waals surface area contributed by atoms with E-state index < -0.39 is 18.0 Å². The lowest BCUT2D eigenvalue weighted by atomic mass is 10.1. The third kappa shape index (κ3) is 3.73. The zero-order valence-electron chi connectivity index (χ0n) is 11.5. The molecule has 3 atom stereocenters. The molecule has 1 saturated carbocycles. The molecule has 0 saturated heterocycles. The standard InChI is InChI=1S/C15H20N2O3/c1-10-7-8-12(9-10)16-15(20)17-13(14(18)19)11-5-3-2-4-6-11/h2-6,10,12-13H,7-9H2,1H3,(H,18,19)(H2,16,17,20). The van der Waals surface area contributed by atoms with E-state index in [0.717, 1.165) is 19.3 Å². The minimum absolute atomic E-state index is 0.148. The average molecular weight is 276 g/mol. The van der Waals surface area contributed by atoms with Crippen LogP contribution in [0.3, 0.4) is 0 Å². The van der Waals surface area contributed by atoms with E-state index in [4.69, 9.17) is 0 Å². The first-order valence-corrected chi connectivity index (χ1v) is 6.91. The van der Waals surface area contributed by atoms with Crippen molar-refractivity contribution in [3.63, 3.8) is 0 Å². The van der Waals surface area contributed by atoms with Gasteiger partial charge in [-0.2, -0.15) is 0 Å². The number of urea groups is 1. The molecule has 0 spiro atoms. The Morgan fingerprint density at radius 1 is 1.25 bits per heavy atom. The van der Waals surface area contributed by atoms with Crippen molar-refractivity contribution < 1.29 is 14.7 Å². The van der Waals surface area contributed by atoms with E-state index >= 15 is 0 Å². The third-order valence-electron chi connectivity index (χ3n) is 3.69. The molecule has 5 nitrogen and oxygen atoms in total. The molecule has 1 aliphatic carbocycles. The molecular weight excluding hydrogens is 256 g/mol. The topological polar surface area (TPSA) is 78.4 Å². The van der Waals surface area contributed by atoms with Crippen molar-refractivity contribution >= 4 is 12.0 Å². The fourth-order valence-corrected chi connectivity index (χ4v) is 2.63. The molecule has 0 aromatic heterocycles. The van der Waals surface area contributed by atoms with Gasteiger partial charge in [-0.3, -0.25) is 0 Å². The van der Waals surface area contributed by atoms with Gasteiger partial charge in [0.15, 0.2) is 6.04 Å². The number of hydrogen-bond acceptors (Lipinski definition) is 2. The molecule has 3 N–H and O–H groups in total. The number of nitrogens with one attached hydrogen (secondary N) is 2. The maximum absolute atomic E-state index is 11.9. The van der Waals surface area contributed by atoms with Crippen LogP contribution in [0, 0.1) is 5.92 Å². The maximum Gasteiger partial charge on any atom is 0.330 e. The van der Waals surface area contributed by atoms with Gasteiger partial charge in [-0.15, -0.1) is 0 Å². The molecule has 1 aromatic rings. The van der Waals surface area contributed by atoms with Gasteiger partial charge in [-0.25, -0.2) is 9.59 Å². The average Bonchev–Trinajstić information content (AvgIpc) is 2.82. The van der Waals surface area contributed by atoms with Crippen molar-refractivity contribution in [2.75, 3.05) is 0 Å². The summed E-state index contributed by atoms with van der Waals surface area (Å²) in [5, 5.41) is 14.6. The zero-order valence-corrected chi connectivity index (χ0v) is 11.5. The molecule has 3 unspecified atom stereocenters. The quantitative estimate of drug-likeness (QED) is 0.789. The Balaban J connectivity index is 1.95. The van der Waals surface area contributed by atoms with Gasteiger partial charge in [0.05, 0.1) is 0 Å². The van der Waals surface area contributed by atoms with Crippen LogP contribution in [0.4, 0.5) is 4.79 Å². The monoisotopic (exact) mass is 276 g/mol. The van der Waals surface area contributed by atoms with Crippen LogP contribution in [0.5, 0.6) is 0 Å². The number of rotatable bonds is 4. The van der Waals surface area contributed by atoms with Gasteiger partial charge in [0.1, 0.15) is 0 Å². The fraction of sp³-hybridized carbons (Fsp3) is 0.467. The lowest BCUT2D eigenvalue weighted by molar-refractivity contribution is -0.139. The highest BCUT2D eigenvalue weighted by atomic mass is 16.4. The van der Waals surface area contributed by atoms with Crippen LogP contribution in [0.1, 0.15) is 37.8 Å². The maximum atomic E-state index is 11.9. The second kappa shape index (κ2) is 6.41. The summed E-state index contributed by atoms with van der Waals surface area (Å²) in [6.45, 7) is 2.16. The summed E-state index contributed by atoms with van der Waals surface area (Å²) in [7, 11) is 0. The van der Waals surface area contributed by atoms with Crippen LogP contribution in [0.15, 0.2) is 30.3 Å². The molecular formula is C15H20N2O3. The molecule has 0 heterocycles. The Hall–Kier alpha value is -2.04. The number of carbonyl (C=O) groups is 2. The number of carboxylic acid groups (broad SMARTS) is 1. The normalized spacial score (nSPS) is 23.1. The van der Waals surface area contributed by atoms with Gasteiger partial charge < -0.3 is 15.7 Å². The number of aliphatic carboxylic acids is 1. The van der Waals surface area contributed by atoms with Crippen molar-refractivity contribution in [1.82, 2.24) is 10.6 Å². The lowest BCUT2D eigenvalue weighted by Gasteiger charge is -2.18. The summed E-state index contributed by atoms with van der Waals surface area (Å²) in [5.41, 5.74) is 0.565. The van der Waals surface area contributed by atoms with Crippen LogP contribution in [-0.4, -0.2) is 23.1 Å². The van der Waals surface area contributed by atoms with Gasteiger partial charge in [-0.05, 0) is 30.7 Å². The van der Waals surface area contributed by atoms with Gasteiger partial charge in [0.2, 0.25) is 0 Å². The van der Waals surface area contributed by atoms with Gasteiger partial charge in [-0.1, -0.05) is 37.3 Å². The first-order chi connectivity index (χ1) is 9.56. The molecule has 20 heavy (non-hydrogen) atoms. The summed E-state index contributed by atoms with van der Waals surface area (Å²) in [6.07, 6.45) is 3.01. The molecule has 1 aliphatic rings. The predicted molar refractivity (Wildman–Crippen MR) is 75.3 cm³/mol. The highest BCUT2D eigenvalue weighted by Gasteiger charge is 2.26. The second-order valence-corrected chi connectivity index (χ2v) is 5.41. The van der Waals surface area contributed by atoms with Crippen molar-refractivity contribution in [3.05, 3.63) is 35.9 Å². The largest absolute Gasteiger partial charge is 0.479 e. The number of carbonyl (C=O) groups excluding carboxylic acids is 1. The minimum atomic E-state index is -1.06. The van der Waals surface area contributed by atoms with Crippen LogP contribution < -0.4 is 10.6 Å². The Kier molecular flexibility index (Phi) is 4.61. The van der Waals surface area contributed by atoms with Crippen LogP contribution in [-0.2, 0) is 4.79 Å². The molecule has 0 bridgehead atoms. The van der Waals surface area contributed by atoms with E-state index in [9.17, 15) is 14.7 Å². The highest BCUT2D eigenvalue weighted by Crippen LogP contribution is 2.24. The Morgan fingerprint density at radius 3 is 2.50 bits per heavy atom. The molecule has 1 aromatic carbocycles. The van der Waals surface area contributed by atoms with Crippen molar-refractivity contribution in [2.24, 2.45) is 5.92 Å². The number of carboxylic acids is 1. The fourth-order valence-electron chi connectivity index (χ4n) is 2.63. The van der Waals surface area contributed by atoms with E-state index in [1.54, 1.807) is 24.3 Å². The molecule has 5 heteroatoms. The highest BCUT2D eigenvalue weighted by molar-refractivity contribution is 5.83. The van der Waals surface area contributed by atoms with Gasteiger partial charge in [0, 0.05) is 6.04 Å². The van der Waals surface area contributed by atoms with Gasteiger partial charge >= 0.3 is 12.0 Å². The Labute approximate surface area is 118 Å². The van der Waals surface area contributed by atoms with Crippen LogP contribution >= 0.6 is 0 Å². The minimum Gasteiger partial charge on any atom is -0.479 e. The van der Waals surface area contributed by atoms with E-state index in [-0.39, 0.29) is 6.04 Å². The summed E-state index contributed by atoms with van der Waals surface area (Å²) in [6, 6.07) is 7.41. The second-order valence-electron chi connectivity index (χ2n) is 5.41. The van der Waals surface area contributed by atoms with Crippen molar-refractivity contribution in [1.29, 1.82) is 0 Å². The van der Waals surface area contributed by atoms with Gasteiger partial charge in [0.25, 0.3) is 0 Å². The number of hydrogen-bond donors (Lipinski definition) is 3. The SMILES string of the molecule is CC1CCC(NC(=O)NC(C(=O)O)c2ccccc2)C1. The van der Waals surface area contributed by atoms with Crippen molar-refractivity contribution in [2.45, 2.75) is 38.3 Å². The predicted octanol–water partition coefficient (Wildman–Crippen LogP) is 2.30. The first-order valence-electron chi connectivity index (χ1n) is 6.91. The van der Waals surface area contributed by atoms with Crippen LogP contribution in [0.25, 0.3) is 0 Å². The third-order valence-corrected chi connectivity index (χ3v) is 3.69. The van der Waals surface area contributed by atoms with E-state index in [1.807, 2.05) is 6.07 Å². The summed E-state index contributed by atoms with van der Waals surface area (Å²) in [4.78, 5) is 23.2. The molecule has 0 aliphatic heterocycles. The molecule has 0 radical (unpaired) electrons. The molecule has 108 valence electrons.